The number of hydrogen-bond acceptors (Lipinski definition) is 4. The molecule has 0 aliphatic rings. The van der Waals surface area contributed by atoms with Crippen molar-refractivity contribution in [2.24, 2.45) is 5.92 Å². The number of aromatic nitrogens is 2. The van der Waals surface area contributed by atoms with Crippen molar-refractivity contribution < 1.29 is 14.7 Å². The maximum absolute atomic E-state index is 11.8. The van der Waals surface area contributed by atoms with Crippen molar-refractivity contribution in [1.82, 2.24) is 15.3 Å². The quantitative estimate of drug-likeness (QED) is 0.563. The molecule has 4 N–H and O–H groups in total. The Morgan fingerprint density at radius 2 is 1.86 bits per heavy atom. The lowest BCUT2D eigenvalue weighted by molar-refractivity contribution is -0.143. The Bertz CT molecular complexity index is 644. The highest BCUT2D eigenvalue weighted by Gasteiger charge is 2.23. The normalized spacial score (nSPS) is 12.2. The minimum absolute atomic E-state index is 0.0353. The molecule has 0 aromatic carbocycles. The maximum atomic E-state index is 11.8. The van der Waals surface area contributed by atoms with Crippen molar-refractivity contribution in [3.05, 3.63) is 32.1 Å². The van der Waals surface area contributed by atoms with Crippen LogP contribution in [-0.2, 0) is 16.0 Å². The molecule has 1 aromatic heterocycles. The second-order valence-corrected chi connectivity index (χ2v) is 5.14. The number of carbonyl (C=O) groups is 2. The Kier molecular flexibility index (Phi) is 5.45. The third-order valence-electron chi connectivity index (χ3n) is 3.11. The van der Waals surface area contributed by atoms with Crippen LogP contribution in [0.25, 0.3) is 0 Å². The summed E-state index contributed by atoms with van der Waals surface area (Å²) in [4.78, 5) is 49.9. The van der Waals surface area contributed by atoms with Crippen molar-refractivity contribution >= 4 is 11.9 Å². The molecule has 0 saturated heterocycles. The standard InChI is InChI=1S/C13H19N3O5/c1-6(2)10(12(19)20)15-9(17)5-4-8-7(3)14-13(21)16-11(8)18/h6,10H,4-5H2,1-3H3,(H,15,17)(H,19,20)(H2,14,16,18,21)/t10-/m1/s1. The molecule has 0 aliphatic carbocycles. The maximum Gasteiger partial charge on any atom is 0.326 e. The summed E-state index contributed by atoms with van der Waals surface area (Å²) in [6, 6.07) is -0.965. The first-order valence-corrected chi connectivity index (χ1v) is 6.56. The number of carboxylic acid groups (broad SMARTS) is 1. The van der Waals surface area contributed by atoms with Gasteiger partial charge in [0.15, 0.2) is 0 Å². The Morgan fingerprint density at radius 3 is 2.33 bits per heavy atom. The molecule has 0 bridgehead atoms. The molecular weight excluding hydrogens is 278 g/mol. The lowest BCUT2D eigenvalue weighted by Gasteiger charge is -2.17. The average molecular weight is 297 g/mol. The number of carbonyl (C=O) groups excluding carboxylic acids is 1. The molecule has 0 fully saturated rings. The predicted octanol–water partition coefficient (Wildman–Crippen LogP) is -0.470. The fraction of sp³-hybridized carbons (Fsp3) is 0.538. The van der Waals surface area contributed by atoms with E-state index in [2.05, 4.69) is 15.3 Å². The summed E-state index contributed by atoms with van der Waals surface area (Å²) in [5.41, 5.74) is -0.435. The molecule has 0 saturated carbocycles. The zero-order valence-corrected chi connectivity index (χ0v) is 12.1. The van der Waals surface area contributed by atoms with Crippen molar-refractivity contribution in [2.45, 2.75) is 39.7 Å². The third-order valence-corrected chi connectivity index (χ3v) is 3.11. The molecule has 0 aliphatic heterocycles. The van der Waals surface area contributed by atoms with E-state index in [1.54, 1.807) is 20.8 Å². The summed E-state index contributed by atoms with van der Waals surface area (Å²) in [5.74, 6) is -1.80. The van der Waals surface area contributed by atoms with Crippen molar-refractivity contribution in [2.75, 3.05) is 0 Å². The molecule has 8 nitrogen and oxygen atoms in total. The number of aryl methyl sites for hydroxylation is 1. The van der Waals surface area contributed by atoms with Crippen molar-refractivity contribution in [1.29, 1.82) is 0 Å². The van der Waals surface area contributed by atoms with Gasteiger partial charge in [0, 0.05) is 17.7 Å². The number of nitrogens with one attached hydrogen (secondary N) is 3. The van der Waals surface area contributed by atoms with Crippen molar-refractivity contribution in [3.8, 4) is 0 Å². The van der Waals surface area contributed by atoms with Gasteiger partial charge in [-0.05, 0) is 19.3 Å². The van der Waals surface area contributed by atoms with Crippen LogP contribution in [0.4, 0.5) is 0 Å². The second kappa shape index (κ2) is 6.87. The predicted molar refractivity (Wildman–Crippen MR) is 75.1 cm³/mol. The smallest absolute Gasteiger partial charge is 0.326 e. The third kappa shape index (κ3) is 4.59. The molecule has 0 spiro atoms. The first kappa shape index (κ1) is 16.7. The molecule has 1 heterocycles. The van der Waals surface area contributed by atoms with Crippen LogP contribution in [0.1, 0.15) is 31.5 Å². The van der Waals surface area contributed by atoms with Gasteiger partial charge in [0.1, 0.15) is 6.04 Å². The zero-order valence-electron chi connectivity index (χ0n) is 12.1. The largest absolute Gasteiger partial charge is 0.480 e. The van der Waals surface area contributed by atoms with E-state index in [0.717, 1.165) is 0 Å². The fourth-order valence-corrected chi connectivity index (χ4v) is 1.92. The Balaban J connectivity index is 2.72. The van der Waals surface area contributed by atoms with Gasteiger partial charge in [-0.15, -0.1) is 0 Å². The minimum atomic E-state index is -1.10. The summed E-state index contributed by atoms with van der Waals surface area (Å²) >= 11 is 0. The summed E-state index contributed by atoms with van der Waals surface area (Å²) in [6.45, 7) is 4.95. The lowest BCUT2D eigenvalue weighted by Crippen LogP contribution is -2.44. The summed E-state index contributed by atoms with van der Waals surface area (Å²) in [7, 11) is 0. The highest BCUT2D eigenvalue weighted by molar-refractivity contribution is 5.83. The number of carboxylic acids is 1. The number of aliphatic carboxylic acids is 1. The fourth-order valence-electron chi connectivity index (χ4n) is 1.92. The van der Waals surface area contributed by atoms with E-state index in [4.69, 9.17) is 5.11 Å². The van der Waals surface area contributed by atoms with Gasteiger partial charge in [0.2, 0.25) is 5.91 Å². The van der Waals surface area contributed by atoms with Crippen LogP contribution in [0.5, 0.6) is 0 Å². The Hall–Kier alpha value is -2.38. The van der Waals surface area contributed by atoms with E-state index >= 15 is 0 Å². The van der Waals surface area contributed by atoms with E-state index in [1.165, 1.54) is 0 Å². The van der Waals surface area contributed by atoms with E-state index in [-0.39, 0.29) is 18.8 Å². The number of rotatable bonds is 6. The summed E-state index contributed by atoms with van der Waals surface area (Å²) in [5, 5.41) is 11.4. The Morgan fingerprint density at radius 1 is 1.24 bits per heavy atom. The van der Waals surface area contributed by atoms with Crippen molar-refractivity contribution in [3.63, 3.8) is 0 Å². The molecule has 1 amide bonds. The summed E-state index contributed by atoms with van der Waals surface area (Å²) < 4.78 is 0. The van der Waals surface area contributed by atoms with E-state index < -0.39 is 29.2 Å². The first-order chi connectivity index (χ1) is 9.72. The molecule has 21 heavy (non-hydrogen) atoms. The second-order valence-electron chi connectivity index (χ2n) is 5.14. The SMILES string of the molecule is Cc1[nH]c(=O)[nH]c(=O)c1CCC(=O)N[C@@H](C(=O)O)C(C)C. The van der Waals surface area contributed by atoms with Crippen LogP contribution >= 0.6 is 0 Å². The van der Waals surface area contributed by atoms with E-state index in [0.29, 0.717) is 11.3 Å². The molecule has 8 heteroatoms. The molecule has 1 rings (SSSR count). The molecule has 1 atom stereocenters. The highest BCUT2D eigenvalue weighted by Crippen LogP contribution is 2.04. The molecule has 0 radical (unpaired) electrons. The van der Waals surface area contributed by atoms with E-state index in [9.17, 15) is 19.2 Å². The van der Waals surface area contributed by atoms with Gasteiger partial charge in [0.05, 0.1) is 0 Å². The van der Waals surface area contributed by atoms with E-state index in [1.807, 2.05) is 0 Å². The van der Waals surface area contributed by atoms with Gasteiger partial charge < -0.3 is 15.4 Å². The average Bonchev–Trinajstić information content (AvgIpc) is 2.33. The van der Waals surface area contributed by atoms with Crippen LogP contribution in [-0.4, -0.2) is 33.0 Å². The minimum Gasteiger partial charge on any atom is -0.480 e. The van der Waals surface area contributed by atoms with Gasteiger partial charge >= 0.3 is 11.7 Å². The molecular formula is C13H19N3O5. The number of amides is 1. The highest BCUT2D eigenvalue weighted by atomic mass is 16.4. The topological polar surface area (TPSA) is 132 Å². The molecule has 1 aromatic rings. The monoisotopic (exact) mass is 297 g/mol. The van der Waals surface area contributed by atoms with Crippen LogP contribution < -0.4 is 16.6 Å². The van der Waals surface area contributed by atoms with Gasteiger partial charge in [-0.3, -0.25) is 14.6 Å². The van der Waals surface area contributed by atoms with Gasteiger partial charge in [-0.25, -0.2) is 9.59 Å². The molecule has 116 valence electrons. The van der Waals surface area contributed by atoms with Crippen LogP contribution in [0.15, 0.2) is 9.59 Å². The summed E-state index contributed by atoms with van der Waals surface area (Å²) in [6.07, 6.45) is 0.0840. The van der Waals surface area contributed by atoms with Crippen LogP contribution in [0, 0.1) is 12.8 Å². The zero-order chi connectivity index (χ0) is 16.2. The Labute approximate surface area is 120 Å². The number of hydrogen-bond donors (Lipinski definition) is 4. The number of aromatic amines is 2. The van der Waals surface area contributed by atoms with Crippen LogP contribution in [0.3, 0.4) is 0 Å². The van der Waals surface area contributed by atoms with Gasteiger partial charge in [0.25, 0.3) is 5.56 Å². The van der Waals surface area contributed by atoms with Gasteiger partial charge in [-0.2, -0.15) is 0 Å². The first-order valence-electron chi connectivity index (χ1n) is 6.56. The molecule has 0 unspecified atom stereocenters. The van der Waals surface area contributed by atoms with Crippen LogP contribution in [0.2, 0.25) is 0 Å². The lowest BCUT2D eigenvalue weighted by atomic mass is 10.0. The number of H-pyrrole nitrogens is 2. The van der Waals surface area contributed by atoms with Gasteiger partial charge in [-0.1, -0.05) is 13.8 Å².